The van der Waals surface area contributed by atoms with E-state index in [1.165, 1.54) is 19.3 Å². The molecule has 1 rings (SSSR count). The van der Waals surface area contributed by atoms with E-state index in [0.29, 0.717) is 0 Å². The summed E-state index contributed by atoms with van der Waals surface area (Å²) in [6.45, 7) is 13.9. The van der Waals surface area contributed by atoms with Gasteiger partial charge in [-0.15, -0.1) is 0 Å². The Morgan fingerprint density at radius 2 is 1.58 bits per heavy atom. The molecule has 0 saturated heterocycles. The fourth-order valence-corrected chi connectivity index (χ4v) is 2.17. The lowest BCUT2D eigenvalue weighted by atomic mass is 9.66. The summed E-state index contributed by atoms with van der Waals surface area (Å²) in [6.07, 6.45) is 6.05. The fourth-order valence-electron chi connectivity index (χ4n) is 2.17. The van der Waals surface area contributed by atoms with Crippen molar-refractivity contribution in [1.29, 1.82) is 0 Å². The Bertz CT molecular complexity index is 186. The molecule has 68 valence electrons. The molecule has 0 radical (unpaired) electrons. The van der Waals surface area contributed by atoms with Gasteiger partial charge >= 0.3 is 0 Å². The topological polar surface area (TPSA) is 4.36 Å². The third-order valence-electron chi connectivity index (χ3n) is 3.29. The first-order chi connectivity index (χ1) is 5.52. The van der Waals surface area contributed by atoms with E-state index in [-0.39, 0.29) is 11.0 Å². The largest absolute Gasteiger partial charge is 0.310 e. The van der Waals surface area contributed by atoms with E-state index >= 15 is 0 Å². The minimum Gasteiger partial charge on any atom is -0.310 e. The zero-order valence-electron chi connectivity index (χ0n) is 8.48. The summed E-state index contributed by atoms with van der Waals surface area (Å²) in [4.78, 5) is 3.90. The van der Waals surface area contributed by atoms with Crippen LogP contribution in [0.15, 0.2) is 0 Å². The lowest BCUT2D eigenvalue weighted by Crippen LogP contribution is -2.41. The van der Waals surface area contributed by atoms with Gasteiger partial charge in [0.25, 0.3) is 0 Å². The highest BCUT2D eigenvalue weighted by molar-refractivity contribution is 5.07. The first-order valence-corrected chi connectivity index (χ1v) is 4.90. The second-order valence-corrected chi connectivity index (χ2v) is 4.95. The smallest absolute Gasteiger partial charge is 0.237 e. The van der Waals surface area contributed by atoms with E-state index in [4.69, 9.17) is 6.57 Å². The van der Waals surface area contributed by atoms with E-state index < -0.39 is 0 Å². The second-order valence-electron chi connectivity index (χ2n) is 4.95. The van der Waals surface area contributed by atoms with E-state index in [9.17, 15) is 0 Å². The lowest BCUT2D eigenvalue weighted by Gasteiger charge is -2.36. The minimum absolute atomic E-state index is 0.0503. The Morgan fingerprint density at radius 1 is 1.08 bits per heavy atom. The summed E-state index contributed by atoms with van der Waals surface area (Å²) in [5.74, 6) is 0. The van der Waals surface area contributed by atoms with Gasteiger partial charge in [-0.3, -0.25) is 0 Å². The van der Waals surface area contributed by atoms with Crippen LogP contribution in [0.5, 0.6) is 0 Å². The first kappa shape index (κ1) is 9.58. The molecule has 1 saturated carbocycles. The van der Waals surface area contributed by atoms with Crippen LogP contribution < -0.4 is 0 Å². The van der Waals surface area contributed by atoms with Crippen LogP contribution in [0.25, 0.3) is 4.85 Å². The van der Waals surface area contributed by atoms with Gasteiger partial charge in [-0.05, 0) is 12.8 Å². The Labute approximate surface area is 76.0 Å². The minimum atomic E-state index is -0.0503. The first-order valence-electron chi connectivity index (χ1n) is 4.90. The van der Waals surface area contributed by atoms with Crippen LogP contribution in [-0.2, 0) is 0 Å². The van der Waals surface area contributed by atoms with E-state index in [2.05, 4.69) is 25.6 Å². The van der Waals surface area contributed by atoms with E-state index in [1.54, 1.807) is 0 Å². The summed E-state index contributed by atoms with van der Waals surface area (Å²) in [6, 6.07) is 0. The molecule has 0 aromatic heterocycles. The summed E-state index contributed by atoms with van der Waals surface area (Å²) in [7, 11) is 0. The van der Waals surface area contributed by atoms with E-state index in [0.717, 1.165) is 12.8 Å². The van der Waals surface area contributed by atoms with Crippen LogP contribution in [0.2, 0.25) is 0 Å². The van der Waals surface area contributed by atoms with Crippen molar-refractivity contribution in [3.05, 3.63) is 11.4 Å². The van der Waals surface area contributed by atoms with Crippen molar-refractivity contribution in [2.24, 2.45) is 5.41 Å². The van der Waals surface area contributed by atoms with Crippen molar-refractivity contribution in [3.63, 3.8) is 0 Å². The molecule has 1 fully saturated rings. The zero-order chi connectivity index (χ0) is 9.24. The predicted molar refractivity (Wildman–Crippen MR) is 51.9 cm³/mol. The molecule has 0 aromatic rings. The maximum Gasteiger partial charge on any atom is 0.237 e. The average molecular weight is 165 g/mol. The third-order valence-corrected chi connectivity index (χ3v) is 3.29. The van der Waals surface area contributed by atoms with Crippen LogP contribution in [0.1, 0.15) is 52.9 Å². The van der Waals surface area contributed by atoms with Gasteiger partial charge in [-0.2, -0.15) is 0 Å². The Balaban J connectivity index is 2.83. The molecule has 0 bridgehead atoms. The van der Waals surface area contributed by atoms with Crippen molar-refractivity contribution in [2.45, 2.75) is 58.4 Å². The molecule has 0 unspecified atom stereocenters. The standard InChI is InChI=1S/C11H19N/c1-10(2,3)11(12-4)8-6-5-7-9-11/h5-9H2,1-3H3. The maximum atomic E-state index is 7.33. The van der Waals surface area contributed by atoms with Gasteiger partial charge in [0, 0.05) is 18.3 Å². The lowest BCUT2D eigenvalue weighted by molar-refractivity contribution is 0.173. The summed E-state index contributed by atoms with van der Waals surface area (Å²) in [5, 5.41) is 0. The van der Waals surface area contributed by atoms with Crippen LogP contribution in [0.3, 0.4) is 0 Å². The molecule has 12 heavy (non-hydrogen) atoms. The molecule has 0 aliphatic heterocycles. The normalized spacial score (nSPS) is 23.2. The molecular weight excluding hydrogens is 146 g/mol. The van der Waals surface area contributed by atoms with Gasteiger partial charge < -0.3 is 4.85 Å². The van der Waals surface area contributed by atoms with Crippen LogP contribution >= 0.6 is 0 Å². The number of hydrogen-bond donors (Lipinski definition) is 0. The molecular formula is C11H19N. The number of hydrogen-bond acceptors (Lipinski definition) is 0. The van der Waals surface area contributed by atoms with Gasteiger partial charge in [0.15, 0.2) is 0 Å². The van der Waals surface area contributed by atoms with Gasteiger partial charge in [-0.25, -0.2) is 6.57 Å². The molecule has 0 aromatic carbocycles. The van der Waals surface area contributed by atoms with Crippen molar-refractivity contribution in [2.75, 3.05) is 0 Å². The monoisotopic (exact) mass is 165 g/mol. The summed E-state index contributed by atoms with van der Waals surface area (Å²) >= 11 is 0. The molecule has 0 spiro atoms. The average Bonchev–Trinajstić information content (AvgIpc) is 2.04. The van der Waals surface area contributed by atoms with Gasteiger partial charge in [0.05, 0.1) is 0 Å². The summed E-state index contributed by atoms with van der Waals surface area (Å²) < 4.78 is 0. The van der Waals surface area contributed by atoms with Crippen LogP contribution in [0, 0.1) is 12.0 Å². The van der Waals surface area contributed by atoms with Crippen molar-refractivity contribution >= 4 is 0 Å². The molecule has 1 aliphatic carbocycles. The summed E-state index contributed by atoms with van der Waals surface area (Å²) in [5.41, 5.74) is 0.112. The highest BCUT2D eigenvalue weighted by atomic mass is 14.8. The fraction of sp³-hybridized carbons (Fsp3) is 0.909. The Morgan fingerprint density at radius 3 is 1.83 bits per heavy atom. The van der Waals surface area contributed by atoms with Gasteiger partial charge in [-0.1, -0.05) is 27.2 Å². The van der Waals surface area contributed by atoms with Gasteiger partial charge in [0.1, 0.15) is 0 Å². The SMILES string of the molecule is [C-]#[N+]C1(C(C)(C)C)CCCCC1. The highest BCUT2D eigenvalue weighted by Crippen LogP contribution is 2.44. The van der Waals surface area contributed by atoms with Crippen molar-refractivity contribution in [3.8, 4) is 0 Å². The third kappa shape index (κ3) is 1.48. The second kappa shape index (κ2) is 3.09. The van der Waals surface area contributed by atoms with Gasteiger partial charge in [0.2, 0.25) is 5.54 Å². The Kier molecular flexibility index (Phi) is 2.46. The van der Waals surface area contributed by atoms with Crippen molar-refractivity contribution in [1.82, 2.24) is 0 Å². The molecule has 0 amide bonds. The maximum absolute atomic E-state index is 7.33. The number of nitrogens with zero attached hydrogens (tertiary/aromatic N) is 1. The van der Waals surface area contributed by atoms with Crippen LogP contribution in [0.4, 0.5) is 0 Å². The quantitative estimate of drug-likeness (QED) is 0.482. The molecule has 1 heteroatoms. The van der Waals surface area contributed by atoms with Crippen molar-refractivity contribution < 1.29 is 0 Å². The zero-order valence-corrected chi connectivity index (χ0v) is 8.48. The molecule has 0 N–H and O–H groups in total. The molecule has 0 heterocycles. The predicted octanol–water partition coefficient (Wildman–Crippen LogP) is 3.65. The van der Waals surface area contributed by atoms with E-state index in [1.807, 2.05) is 0 Å². The molecule has 1 aliphatic rings. The molecule has 0 atom stereocenters. The molecule has 1 nitrogen and oxygen atoms in total. The van der Waals surface area contributed by atoms with Crippen LogP contribution in [-0.4, -0.2) is 5.54 Å². The number of rotatable bonds is 0. The highest BCUT2D eigenvalue weighted by Gasteiger charge is 2.48. The Hall–Kier alpha value is -0.510.